The molecule has 2 saturated heterocycles. The average molecular weight is 281 g/mol. The van der Waals surface area contributed by atoms with Crippen LogP contribution in [0.5, 0.6) is 0 Å². The lowest BCUT2D eigenvalue weighted by atomic mass is 10.1. The molecule has 2 unspecified atom stereocenters. The highest BCUT2D eigenvalue weighted by Crippen LogP contribution is 2.19. The molecule has 20 heavy (non-hydrogen) atoms. The van der Waals surface area contributed by atoms with Crippen molar-refractivity contribution in [3.05, 3.63) is 0 Å². The highest BCUT2D eigenvalue weighted by atomic mass is 15.2. The average Bonchev–Trinajstić information content (AvgIpc) is 2.74. The number of hydrogen-bond donors (Lipinski definition) is 1. The summed E-state index contributed by atoms with van der Waals surface area (Å²) in [5.41, 5.74) is 0. The molecule has 3 heteroatoms. The van der Waals surface area contributed by atoms with E-state index < -0.39 is 0 Å². The lowest BCUT2D eigenvalue weighted by molar-refractivity contribution is 0.228. The molecule has 0 amide bonds. The highest BCUT2D eigenvalue weighted by Gasteiger charge is 2.25. The fourth-order valence-electron chi connectivity index (χ4n) is 3.67. The first-order valence-corrected chi connectivity index (χ1v) is 8.77. The summed E-state index contributed by atoms with van der Waals surface area (Å²) in [6.45, 7) is 15.7. The Morgan fingerprint density at radius 3 is 2.25 bits per heavy atom. The molecule has 0 radical (unpaired) electrons. The van der Waals surface area contributed by atoms with Gasteiger partial charge in [-0.25, -0.2) is 0 Å². The summed E-state index contributed by atoms with van der Waals surface area (Å²) in [6, 6.07) is 2.19. The fourth-order valence-corrected chi connectivity index (χ4v) is 3.67. The summed E-state index contributed by atoms with van der Waals surface area (Å²) in [6.07, 6.45) is 5.44. The van der Waals surface area contributed by atoms with Crippen LogP contribution in [-0.2, 0) is 0 Å². The lowest BCUT2D eigenvalue weighted by Crippen LogP contribution is -2.37. The zero-order valence-electron chi connectivity index (χ0n) is 14.1. The number of hydrogen-bond acceptors (Lipinski definition) is 3. The molecular weight excluding hydrogens is 246 g/mol. The van der Waals surface area contributed by atoms with Crippen LogP contribution in [0.3, 0.4) is 0 Å². The van der Waals surface area contributed by atoms with Crippen molar-refractivity contribution in [3.63, 3.8) is 0 Å². The maximum absolute atomic E-state index is 3.87. The zero-order valence-corrected chi connectivity index (χ0v) is 14.1. The quantitative estimate of drug-likeness (QED) is 0.835. The van der Waals surface area contributed by atoms with E-state index in [0.717, 1.165) is 18.0 Å². The second kappa shape index (κ2) is 7.77. The second-order valence-corrected chi connectivity index (χ2v) is 7.41. The third-order valence-electron chi connectivity index (χ3n) is 5.24. The molecule has 2 fully saturated rings. The van der Waals surface area contributed by atoms with Crippen molar-refractivity contribution >= 4 is 0 Å². The van der Waals surface area contributed by atoms with Gasteiger partial charge in [0.15, 0.2) is 0 Å². The monoisotopic (exact) mass is 281 g/mol. The van der Waals surface area contributed by atoms with E-state index in [1.165, 1.54) is 58.4 Å². The van der Waals surface area contributed by atoms with Crippen LogP contribution in [-0.4, -0.2) is 60.6 Å². The molecule has 2 atom stereocenters. The van der Waals surface area contributed by atoms with E-state index in [9.17, 15) is 0 Å². The molecule has 1 N–H and O–H groups in total. The minimum absolute atomic E-state index is 0.711. The first-order valence-electron chi connectivity index (χ1n) is 8.77. The van der Waals surface area contributed by atoms with Crippen molar-refractivity contribution in [1.29, 1.82) is 0 Å². The molecule has 3 nitrogen and oxygen atoms in total. The van der Waals surface area contributed by atoms with Gasteiger partial charge in [-0.05, 0) is 85.5 Å². The Labute approximate surface area is 126 Å². The van der Waals surface area contributed by atoms with E-state index in [4.69, 9.17) is 0 Å². The smallest absolute Gasteiger partial charge is 0.00798 e. The molecule has 0 aromatic rings. The molecule has 0 aromatic heterocycles. The van der Waals surface area contributed by atoms with Crippen molar-refractivity contribution < 1.29 is 0 Å². The van der Waals surface area contributed by atoms with Crippen molar-refractivity contribution in [3.8, 4) is 0 Å². The van der Waals surface area contributed by atoms with Crippen LogP contribution in [0, 0.1) is 5.92 Å². The maximum atomic E-state index is 3.87. The molecule has 0 aliphatic carbocycles. The predicted octanol–water partition coefficient (Wildman–Crippen LogP) is 2.57. The first-order chi connectivity index (χ1) is 9.56. The van der Waals surface area contributed by atoms with Gasteiger partial charge < -0.3 is 15.1 Å². The molecule has 0 aromatic carbocycles. The zero-order chi connectivity index (χ0) is 14.5. The molecular formula is C17H35N3. The van der Waals surface area contributed by atoms with Crippen LogP contribution in [0.2, 0.25) is 0 Å². The number of rotatable bonds is 5. The van der Waals surface area contributed by atoms with Gasteiger partial charge in [-0.3, -0.25) is 0 Å². The summed E-state index contributed by atoms with van der Waals surface area (Å²) < 4.78 is 0. The lowest BCUT2D eigenvalue weighted by Gasteiger charge is -2.24. The van der Waals surface area contributed by atoms with Gasteiger partial charge in [0.05, 0.1) is 0 Å². The Morgan fingerprint density at radius 2 is 1.60 bits per heavy atom. The first kappa shape index (κ1) is 16.3. The summed E-state index contributed by atoms with van der Waals surface area (Å²) in [5.74, 6) is 0.877. The minimum Gasteiger partial charge on any atom is -0.314 e. The molecule has 2 aliphatic rings. The molecule has 0 saturated carbocycles. The van der Waals surface area contributed by atoms with E-state index in [1.54, 1.807) is 0 Å². The summed E-state index contributed by atoms with van der Waals surface area (Å²) in [5, 5.41) is 3.87. The third-order valence-corrected chi connectivity index (χ3v) is 5.24. The van der Waals surface area contributed by atoms with Gasteiger partial charge in [0.1, 0.15) is 0 Å². The van der Waals surface area contributed by atoms with Gasteiger partial charge >= 0.3 is 0 Å². The fraction of sp³-hybridized carbons (Fsp3) is 1.00. The Morgan fingerprint density at radius 1 is 0.900 bits per heavy atom. The Bertz CT molecular complexity index is 277. The van der Waals surface area contributed by atoms with Gasteiger partial charge in [-0.2, -0.15) is 0 Å². The summed E-state index contributed by atoms with van der Waals surface area (Å²) in [7, 11) is 0. The van der Waals surface area contributed by atoms with E-state index in [1.807, 2.05) is 0 Å². The molecule has 2 aliphatic heterocycles. The van der Waals surface area contributed by atoms with Crippen LogP contribution >= 0.6 is 0 Å². The van der Waals surface area contributed by atoms with Crippen molar-refractivity contribution in [2.24, 2.45) is 5.92 Å². The summed E-state index contributed by atoms with van der Waals surface area (Å²) in [4.78, 5) is 5.26. The maximum Gasteiger partial charge on any atom is 0.00798 e. The van der Waals surface area contributed by atoms with E-state index in [-0.39, 0.29) is 0 Å². The minimum atomic E-state index is 0.711. The molecule has 0 bridgehead atoms. The Hall–Kier alpha value is -0.120. The molecule has 2 heterocycles. The largest absolute Gasteiger partial charge is 0.314 e. The van der Waals surface area contributed by atoms with Gasteiger partial charge in [0.25, 0.3) is 0 Å². The van der Waals surface area contributed by atoms with E-state index in [2.05, 4.69) is 42.8 Å². The summed E-state index contributed by atoms with van der Waals surface area (Å²) >= 11 is 0. The van der Waals surface area contributed by atoms with Gasteiger partial charge in [0.2, 0.25) is 0 Å². The van der Waals surface area contributed by atoms with Gasteiger partial charge in [0, 0.05) is 24.7 Å². The number of likely N-dealkylation sites (tertiary alicyclic amines) is 2. The molecule has 2 rings (SSSR count). The Balaban J connectivity index is 1.67. The van der Waals surface area contributed by atoms with Crippen molar-refractivity contribution in [2.75, 3.05) is 32.7 Å². The SMILES string of the molecule is CC(C)N1CCCC(NCC2CCN(C(C)C)C2)CC1. The van der Waals surface area contributed by atoms with Gasteiger partial charge in [-0.15, -0.1) is 0 Å². The van der Waals surface area contributed by atoms with Crippen LogP contribution in [0.4, 0.5) is 0 Å². The normalized spacial score (nSPS) is 30.3. The highest BCUT2D eigenvalue weighted by molar-refractivity contribution is 4.82. The van der Waals surface area contributed by atoms with Crippen molar-refractivity contribution in [1.82, 2.24) is 15.1 Å². The van der Waals surface area contributed by atoms with Crippen LogP contribution < -0.4 is 5.32 Å². The number of nitrogens with zero attached hydrogens (tertiary/aromatic N) is 2. The van der Waals surface area contributed by atoms with E-state index in [0.29, 0.717) is 6.04 Å². The van der Waals surface area contributed by atoms with Crippen molar-refractivity contribution in [2.45, 2.75) is 71.5 Å². The molecule has 118 valence electrons. The van der Waals surface area contributed by atoms with Crippen LogP contribution in [0.15, 0.2) is 0 Å². The van der Waals surface area contributed by atoms with Crippen LogP contribution in [0.1, 0.15) is 53.4 Å². The van der Waals surface area contributed by atoms with Gasteiger partial charge in [-0.1, -0.05) is 0 Å². The number of nitrogens with one attached hydrogen (secondary N) is 1. The third kappa shape index (κ3) is 4.71. The van der Waals surface area contributed by atoms with Crippen LogP contribution in [0.25, 0.3) is 0 Å². The van der Waals surface area contributed by atoms with E-state index >= 15 is 0 Å². The predicted molar refractivity (Wildman–Crippen MR) is 87.2 cm³/mol. The topological polar surface area (TPSA) is 18.5 Å². The second-order valence-electron chi connectivity index (χ2n) is 7.41. The molecule has 0 spiro atoms. The standard InChI is InChI=1S/C17H35N3/c1-14(2)19-9-5-6-17(8-11-19)18-12-16-7-10-20(13-16)15(3)4/h14-18H,5-13H2,1-4H3. The Kier molecular flexibility index (Phi) is 6.31.